The van der Waals surface area contributed by atoms with Gasteiger partial charge in [0.05, 0.1) is 23.5 Å². The number of nitrogens with one attached hydrogen (secondary N) is 1. The van der Waals surface area contributed by atoms with Crippen LogP contribution in [0.4, 0.5) is 19.7 Å². The highest BCUT2D eigenvalue weighted by Gasteiger charge is 2.43. The molecule has 1 aromatic heterocycles. The lowest BCUT2D eigenvalue weighted by Gasteiger charge is -2.32. The lowest BCUT2D eigenvalue weighted by molar-refractivity contribution is 0.153. The summed E-state index contributed by atoms with van der Waals surface area (Å²) in [6, 6.07) is 2.94. The number of nitrogens with zero attached hydrogens (tertiary/aromatic N) is 3. The number of aryl methyl sites for hydroxylation is 2. The van der Waals surface area contributed by atoms with Gasteiger partial charge < -0.3 is 15.3 Å². The van der Waals surface area contributed by atoms with E-state index in [4.69, 9.17) is 5.11 Å². The predicted octanol–water partition coefficient (Wildman–Crippen LogP) is 3.45. The van der Waals surface area contributed by atoms with Gasteiger partial charge in [-0.15, -0.1) is 0 Å². The van der Waals surface area contributed by atoms with Gasteiger partial charge in [-0.05, 0) is 38.8 Å². The van der Waals surface area contributed by atoms with Crippen LogP contribution in [0.2, 0.25) is 0 Å². The average molecular weight is 346 g/mol. The molecule has 0 bridgehead atoms. The Hall–Kier alpha value is -2.90. The van der Waals surface area contributed by atoms with Gasteiger partial charge >= 0.3 is 12.1 Å². The number of halogens is 1. The van der Waals surface area contributed by atoms with E-state index in [-0.39, 0.29) is 12.2 Å². The van der Waals surface area contributed by atoms with E-state index >= 15 is 0 Å². The molecule has 1 aliphatic rings. The summed E-state index contributed by atoms with van der Waals surface area (Å²) in [5.74, 6) is -0.459. The van der Waals surface area contributed by atoms with E-state index in [1.807, 2.05) is 0 Å². The quantitative estimate of drug-likeness (QED) is 0.828. The van der Waals surface area contributed by atoms with Crippen LogP contribution in [-0.2, 0) is 12.1 Å². The Labute approximate surface area is 144 Å². The Morgan fingerprint density at radius 1 is 1.28 bits per heavy atom. The van der Waals surface area contributed by atoms with E-state index in [1.165, 1.54) is 11.1 Å². The fourth-order valence-corrected chi connectivity index (χ4v) is 3.06. The van der Waals surface area contributed by atoms with E-state index in [1.54, 1.807) is 39.8 Å². The number of carbonyl (C=O) groups excluding carboxylic acids is 1. The van der Waals surface area contributed by atoms with Crippen molar-refractivity contribution >= 4 is 17.8 Å². The van der Waals surface area contributed by atoms with Gasteiger partial charge in [-0.25, -0.2) is 14.0 Å². The van der Waals surface area contributed by atoms with Crippen LogP contribution in [0.1, 0.15) is 36.2 Å². The standard InChI is InChI=1S/C17H19FN4O3/c1-9-5-6-10(2)13(12(9)18)19-15(23)21-7-11-8-22(16(24)25)20-14(11)17(21,3)4/h5-6,8H,7H2,1-4H3,(H,19,23)(H,24,25). The molecular weight excluding hydrogens is 327 g/mol. The highest BCUT2D eigenvalue weighted by atomic mass is 19.1. The van der Waals surface area contributed by atoms with Crippen LogP contribution >= 0.6 is 0 Å². The molecule has 2 aromatic rings. The van der Waals surface area contributed by atoms with Crippen LogP contribution in [0.15, 0.2) is 18.3 Å². The Balaban J connectivity index is 1.88. The molecule has 0 fully saturated rings. The molecule has 8 heteroatoms. The smallest absolute Gasteiger partial charge is 0.432 e. The van der Waals surface area contributed by atoms with Crippen molar-refractivity contribution in [3.05, 3.63) is 46.5 Å². The molecule has 2 heterocycles. The number of carbonyl (C=O) groups is 2. The van der Waals surface area contributed by atoms with Crippen LogP contribution in [-0.4, -0.2) is 31.9 Å². The third kappa shape index (κ3) is 2.63. The van der Waals surface area contributed by atoms with E-state index < -0.39 is 23.5 Å². The van der Waals surface area contributed by atoms with Crippen LogP contribution in [0.25, 0.3) is 0 Å². The van der Waals surface area contributed by atoms with Gasteiger partial charge in [0.2, 0.25) is 0 Å². The van der Waals surface area contributed by atoms with Crippen molar-refractivity contribution in [3.8, 4) is 0 Å². The molecule has 0 spiro atoms. The van der Waals surface area contributed by atoms with Gasteiger partial charge in [-0.3, -0.25) is 0 Å². The van der Waals surface area contributed by atoms with Crippen molar-refractivity contribution in [2.45, 2.75) is 39.8 Å². The molecule has 0 unspecified atom stereocenters. The number of aromatic nitrogens is 2. The zero-order valence-electron chi connectivity index (χ0n) is 14.4. The van der Waals surface area contributed by atoms with Crippen LogP contribution in [0.5, 0.6) is 0 Å². The topological polar surface area (TPSA) is 87.5 Å². The number of hydrogen-bond donors (Lipinski definition) is 2. The number of amides is 2. The van der Waals surface area contributed by atoms with Gasteiger partial charge in [-0.2, -0.15) is 9.78 Å². The first kappa shape index (κ1) is 16.9. The van der Waals surface area contributed by atoms with Crippen LogP contribution in [0.3, 0.4) is 0 Å². The number of urea groups is 1. The van der Waals surface area contributed by atoms with Crippen molar-refractivity contribution in [2.75, 3.05) is 5.32 Å². The molecule has 0 saturated carbocycles. The van der Waals surface area contributed by atoms with Gasteiger partial charge in [-0.1, -0.05) is 12.1 Å². The lowest BCUT2D eigenvalue weighted by Crippen LogP contribution is -2.43. The molecule has 7 nitrogen and oxygen atoms in total. The van der Waals surface area contributed by atoms with Crippen molar-refractivity contribution in [3.63, 3.8) is 0 Å². The first-order valence-electron chi connectivity index (χ1n) is 7.79. The second-order valence-corrected chi connectivity index (χ2v) is 6.69. The second kappa shape index (κ2) is 5.58. The number of rotatable bonds is 1. The molecule has 3 rings (SSSR count). The summed E-state index contributed by atoms with van der Waals surface area (Å²) in [4.78, 5) is 25.3. The fraction of sp³-hybridized carbons (Fsp3) is 0.353. The molecule has 2 N–H and O–H groups in total. The largest absolute Gasteiger partial charge is 0.463 e. The number of fused-ring (bicyclic) bond motifs is 1. The first-order valence-corrected chi connectivity index (χ1v) is 7.79. The summed E-state index contributed by atoms with van der Waals surface area (Å²) in [7, 11) is 0. The normalized spacial score (nSPS) is 15.2. The minimum atomic E-state index is -1.18. The zero-order valence-corrected chi connectivity index (χ0v) is 14.4. The molecule has 0 saturated heterocycles. The van der Waals surface area contributed by atoms with Gasteiger partial charge in [0.1, 0.15) is 5.82 Å². The molecule has 2 amide bonds. The minimum Gasteiger partial charge on any atom is -0.463 e. The Kier molecular flexibility index (Phi) is 3.78. The number of anilines is 1. The maximum atomic E-state index is 14.3. The molecule has 0 radical (unpaired) electrons. The third-order valence-electron chi connectivity index (χ3n) is 4.59. The van der Waals surface area contributed by atoms with Gasteiger partial charge in [0, 0.05) is 11.8 Å². The summed E-state index contributed by atoms with van der Waals surface area (Å²) in [5.41, 5.74) is 1.59. The summed E-state index contributed by atoms with van der Waals surface area (Å²) in [5, 5.41) is 15.7. The maximum absolute atomic E-state index is 14.3. The molecule has 25 heavy (non-hydrogen) atoms. The Morgan fingerprint density at radius 3 is 2.52 bits per heavy atom. The summed E-state index contributed by atoms with van der Waals surface area (Å²) < 4.78 is 15.2. The van der Waals surface area contributed by atoms with Crippen molar-refractivity contribution < 1.29 is 19.1 Å². The highest BCUT2D eigenvalue weighted by Crippen LogP contribution is 2.38. The molecule has 1 aromatic carbocycles. The molecular formula is C17H19FN4O3. The monoisotopic (exact) mass is 346 g/mol. The second-order valence-electron chi connectivity index (χ2n) is 6.69. The number of carboxylic acid groups (broad SMARTS) is 1. The summed E-state index contributed by atoms with van der Waals surface area (Å²) >= 11 is 0. The third-order valence-corrected chi connectivity index (χ3v) is 4.59. The summed E-state index contributed by atoms with van der Waals surface area (Å²) in [6.45, 7) is 7.11. The van der Waals surface area contributed by atoms with Gasteiger partial charge in [0.25, 0.3) is 0 Å². The Morgan fingerprint density at radius 2 is 1.92 bits per heavy atom. The SMILES string of the molecule is Cc1ccc(C)c(NC(=O)N2Cc3cn(C(=O)O)nc3C2(C)C)c1F. The van der Waals surface area contributed by atoms with Crippen molar-refractivity contribution in [2.24, 2.45) is 0 Å². The highest BCUT2D eigenvalue weighted by molar-refractivity contribution is 5.91. The van der Waals surface area contributed by atoms with E-state index in [2.05, 4.69) is 10.4 Å². The van der Waals surface area contributed by atoms with E-state index in [0.717, 1.165) is 4.68 Å². The molecule has 0 atom stereocenters. The zero-order chi connectivity index (χ0) is 18.5. The van der Waals surface area contributed by atoms with E-state index in [9.17, 15) is 14.0 Å². The molecule has 132 valence electrons. The van der Waals surface area contributed by atoms with Crippen molar-refractivity contribution in [1.29, 1.82) is 0 Å². The van der Waals surface area contributed by atoms with E-state index in [0.29, 0.717) is 22.4 Å². The first-order chi connectivity index (χ1) is 11.6. The molecule has 0 aliphatic carbocycles. The maximum Gasteiger partial charge on any atom is 0.432 e. The minimum absolute atomic E-state index is 0.154. The summed E-state index contributed by atoms with van der Waals surface area (Å²) in [6.07, 6.45) is 0.212. The van der Waals surface area contributed by atoms with Crippen LogP contribution in [0, 0.1) is 19.7 Å². The lowest BCUT2D eigenvalue weighted by atomic mass is 10.0. The molecule has 1 aliphatic heterocycles. The van der Waals surface area contributed by atoms with Crippen molar-refractivity contribution in [1.82, 2.24) is 14.7 Å². The predicted molar refractivity (Wildman–Crippen MR) is 89.1 cm³/mol. The van der Waals surface area contributed by atoms with Crippen LogP contribution < -0.4 is 5.32 Å². The fourth-order valence-electron chi connectivity index (χ4n) is 3.06. The average Bonchev–Trinajstić information content (AvgIpc) is 3.06. The van der Waals surface area contributed by atoms with Gasteiger partial charge in [0.15, 0.2) is 0 Å². The number of hydrogen-bond acceptors (Lipinski definition) is 3. The number of benzene rings is 1. The Bertz CT molecular complexity index is 888.